The predicted octanol–water partition coefficient (Wildman–Crippen LogP) is 2.99. The molecule has 7 heteroatoms. The molecule has 1 aliphatic heterocycles. The predicted molar refractivity (Wildman–Crippen MR) is 105 cm³/mol. The third kappa shape index (κ3) is 3.32. The molecule has 0 unspecified atom stereocenters. The molecule has 0 atom stereocenters. The van der Waals surface area contributed by atoms with Crippen LogP contribution in [-0.2, 0) is 11.3 Å². The average molecular weight is 368 g/mol. The Morgan fingerprint density at radius 3 is 2.77 bits per heavy atom. The Balaban J connectivity index is 0.00000196. The van der Waals surface area contributed by atoms with E-state index in [1.807, 2.05) is 55.6 Å². The number of carbonyl (C=O) groups is 1. The Bertz CT molecular complexity index is 1010. The number of hydrogen-bond donors (Lipinski definition) is 3. The number of allylic oxidation sites excluding steroid dienone is 1. The summed E-state index contributed by atoms with van der Waals surface area (Å²) in [6.45, 7) is 2.50. The Kier molecular flexibility index (Phi) is 5.04. The number of guanidine groups is 1. The van der Waals surface area contributed by atoms with Gasteiger partial charge in [0.05, 0.1) is 0 Å². The molecule has 6 nitrogen and oxygen atoms in total. The molecule has 0 bridgehead atoms. The van der Waals surface area contributed by atoms with Crippen molar-refractivity contribution in [1.82, 2.24) is 20.6 Å². The number of carbonyl (C=O) groups excluding carboxylic acids is 1. The number of aromatic amines is 1. The third-order valence-corrected chi connectivity index (χ3v) is 4.18. The van der Waals surface area contributed by atoms with Gasteiger partial charge >= 0.3 is 0 Å². The molecular weight excluding hydrogens is 350 g/mol. The van der Waals surface area contributed by atoms with Gasteiger partial charge in [-0.3, -0.25) is 10.1 Å². The summed E-state index contributed by atoms with van der Waals surface area (Å²) in [6.07, 6.45) is 3.59. The summed E-state index contributed by atoms with van der Waals surface area (Å²) >= 11 is 0. The third-order valence-electron chi connectivity index (χ3n) is 4.18. The average Bonchev–Trinajstić information content (AvgIpc) is 3.24. The van der Waals surface area contributed by atoms with Gasteiger partial charge < -0.3 is 10.3 Å². The lowest BCUT2D eigenvalue weighted by atomic mass is 10.1. The van der Waals surface area contributed by atoms with E-state index in [0.717, 1.165) is 27.7 Å². The number of nitrogens with one attached hydrogen (secondary N) is 3. The molecule has 26 heavy (non-hydrogen) atoms. The van der Waals surface area contributed by atoms with Gasteiger partial charge in [0.15, 0.2) is 0 Å². The van der Waals surface area contributed by atoms with Gasteiger partial charge in [-0.1, -0.05) is 30.3 Å². The number of H-pyrrole nitrogens is 1. The first-order valence-corrected chi connectivity index (χ1v) is 8.03. The lowest BCUT2D eigenvalue weighted by Crippen LogP contribution is -2.35. The summed E-state index contributed by atoms with van der Waals surface area (Å²) in [6, 6.07) is 13.8. The highest BCUT2D eigenvalue weighted by molar-refractivity contribution is 6.15. The van der Waals surface area contributed by atoms with Gasteiger partial charge in [0.1, 0.15) is 11.3 Å². The van der Waals surface area contributed by atoms with Gasteiger partial charge in [0.25, 0.3) is 5.91 Å². The largest absolute Gasteiger partial charge is 0.352 e. The van der Waals surface area contributed by atoms with E-state index in [9.17, 15) is 4.79 Å². The number of pyridine rings is 1. The molecule has 0 spiro atoms. The number of rotatable bonds is 3. The Labute approximate surface area is 156 Å². The second-order valence-electron chi connectivity index (χ2n) is 5.83. The number of aromatic nitrogens is 2. The van der Waals surface area contributed by atoms with Crippen molar-refractivity contribution < 1.29 is 4.79 Å². The van der Waals surface area contributed by atoms with Crippen LogP contribution in [0.3, 0.4) is 0 Å². The summed E-state index contributed by atoms with van der Waals surface area (Å²) in [5.41, 5.74) is 4.08. The maximum atomic E-state index is 12.3. The fraction of sp³-hybridized carbons (Fsp3) is 0.105. The van der Waals surface area contributed by atoms with Crippen LogP contribution in [0, 0.1) is 0 Å². The molecular formula is C19H18ClN5O. The van der Waals surface area contributed by atoms with Crippen molar-refractivity contribution in [3.8, 4) is 0 Å². The second kappa shape index (κ2) is 7.41. The minimum Gasteiger partial charge on any atom is -0.352 e. The molecule has 1 aliphatic rings. The molecule has 1 aromatic carbocycles. The van der Waals surface area contributed by atoms with Crippen LogP contribution < -0.4 is 10.6 Å². The molecule has 0 radical (unpaired) electrons. The SMILES string of the molecule is C/C(=C1/N=C(NCc2ccccc2)NC1=O)c1c[nH]c2ncccc12.Cl. The molecule has 2 aromatic heterocycles. The number of fused-ring (bicyclic) bond motifs is 1. The van der Waals surface area contributed by atoms with E-state index in [1.165, 1.54) is 0 Å². The smallest absolute Gasteiger partial charge is 0.276 e. The molecule has 3 N–H and O–H groups in total. The second-order valence-corrected chi connectivity index (χ2v) is 5.83. The van der Waals surface area contributed by atoms with Gasteiger partial charge in [-0.05, 0) is 30.2 Å². The first-order valence-electron chi connectivity index (χ1n) is 8.03. The fourth-order valence-electron chi connectivity index (χ4n) is 2.87. The van der Waals surface area contributed by atoms with Gasteiger partial charge in [0, 0.05) is 29.9 Å². The summed E-state index contributed by atoms with van der Waals surface area (Å²) in [5.74, 6) is 0.271. The summed E-state index contributed by atoms with van der Waals surface area (Å²) < 4.78 is 0. The van der Waals surface area contributed by atoms with Gasteiger partial charge in [0.2, 0.25) is 5.96 Å². The van der Waals surface area contributed by atoms with Crippen LogP contribution in [0.5, 0.6) is 0 Å². The quantitative estimate of drug-likeness (QED) is 0.622. The van der Waals surface area contributed by atoms with E-state index in [4.69, 9.17) is 0 Å². The van der Waals surface area contributed by atoms with Crippen molar-refractivity contribution in [2.24, 2.45) is 4.99 Å². The van der Waals surface area contributed by atoms with E-state index in [0.29, 0.717) is 18.2 Å². The molecule has 3 aromatic rings. The normalized spacial score (nSPS) is 15.3. The van der Waals surface area contributed by atoms with E-state index < -0.39 is 0 Å². The highest BCUT2D eigenvalue weighted by Crippen LogP contribution is 2.27. The van der Waals surface area contributed by atoms with Crippen molar-refractivity contribution in [3.05, 3.63) is 71.7 Å². The first-order chi connectivity index (χ1) is 12.2. The number of aliphatic imine (C=N–C) groups is 1. The van der Waals surface area contributed by atoms with Gasteiger partial charge in [-0.15, -0.1) is 12.4 Å². The number of benzene rings is 1. The lowest BCUT2D eigenvalue weighted by Gasteiger charge is -2.04. The highest BCUT2D eigenvalue weighted by Gasteiger charge is 2.23. The van der Waals surface area contributed by atoms with Crippen molar-refractivity contribution in [1.29, 1.82) is 0 Å². The first kappa shape index (κ1) is 17.7. The van der Waals surface area contributed by atoms with Crippen molar-refractivity contribution >= 4 is 40.9 Å². The zero-order valence-electron chi connectivity index (χ0n) is 14.1. The molecule has 132 valence electrons. The van der Waals surface area contributed by atoms with Gasteiger partial charge in [-0.2, -0.15) is 0 Å². The summed E-state index contributed by atoms with van der Waals surface area (Å²) in [5, 5.41) is 6.91. The highest BCUT2D eigenvalue weighted by atomic mass is 35.5. The van der Waals surface area contributed by atoms with Crippen LogP contribution in [-0.4, -0.2) is 21.8 Å². The Morgan fingerprint density at radius 1 is 1.15 bits per heavy atom. The Hall–Kier alpha value is -3.12. The van der Waals surface area contributed by atoms with Gasteiger partial charge in [-0.25, -0.2) is 9.98 Å². The molecule has 3 heterocycles. The zero-order chi connectivity index (χ0) is 17.2. The number of hydrogen-bond acceptors (Lipinski definition) is 4. The number of amides is 1. The molecule has 4 rings (SSSR count). The molecule has 1 amide bonds. The molecule has 0 saturated carbocycles. The number of halogens is 1. The maximum Gasteiger partial charge on any atom is 0.276 e. The van der Waals surface area contributed by atoms with Crippen LogP contribution >= 0.6 is 12.4 Å². The molecule has 0 aliphatic carbocycles. The van der Waals surface area contributed by atoms with Crippen LogP contribution in [0.25, 0.3) is 16.6 Å². The lowest BCUT2D eigenvalue weighted by molar-refractivity contribution is -0.115. The fourth-order valence-corrected chi connectivity index (χ4v) is 2.87. The summed E-state index contributed by atoms with van der Waals surface area (Å²) in [4.78, 5) is 24.2. The molecule has 0 saturated heterocycles. The van der Waals surface area contributed by atoms with Crippen molar-refractivity contribution in [3.63, 3.8) is 0 Å². The summed E-state index contributed by atoms with van der Waals surface area (Å²) in [7, 11) is 0. The zero-order valence-corrected chi connectivity index (χ0v) is 14.9. The van der Waals surface area contributed by atoms with Crippen LogP contribution in [0.15, 0.2) is 65.5 Å². The number of nitrogens with zero attached hydrogens (tertiary/aromatic N) is 2. The van der Waals surface area contributed by atoms with Crippen LogP contribution in [0.2, 0.25) is 0 Å². The van der Waals surface area contributed by atoms with E-state index in [2.05, 4.69) is 25.6 Å². The van der Waals surface area contributed by atoms with E-state index in [1.54, 1.807) is 6.20 Å². The maximum absolute atomic E-state index is 12.3. The van der Waals surface area contributed by atoms with Crippen LogP contribution in [0.4, 0.5) is 0 Å². The minimum absolute atomic E-state index is 0. The van der Waals surface area contributed by atoms with Crippen LogP contribution in [0.1, 0.15) is 18.1 Å². The minimum atomic E-state index is -0.202. The molecule has 0 fully saturated rings. The van der Waals surface area contributed by atoms with Crippen molar-refractivity contribution in [2.75, 3.05) is 0 Å². The van der Waals surface area contributed by atoms with Crippen molar-refractivity contribution in [2.45, 2.75) is 13.5 Å². The van der Waals surface area contributed by atoms with E-state index in [-0.39, 0.29) is 18.3 Å². The topological polar surface area (TPSA) is 82.2 Å². The Morgan fingerprint density at radius 2 is 1.96 bits per heavy atom. The van der Waals surface area contributed by atoms with E-state index >= 15 is 0 Å². The standard InChI is InChI=1S/C19H17N5O.ClH/c1-12(15-11-21-17-14(15)8-5-9-20-17)16-18(25)24-19(23-16)22-10-13-6-3-2-4-7-13;/h2-9,11H,10H2,1H3,(H,20,21)(H2,22,23,24,25);1H/b16-12-;. The monoisotopic (exact) mass is 367 g/mol.